The molecule has 0 aliphatic carbocycles. The first kappa shape index (κ1) is 16.0. The number of fused-ring (bicyclic) bond motifs is 3. The Balaban J connectivity index is 1.79. The lowest BCUT2D eigenvalue weighted by molar-refractivity contribution is 0.0794. The summed E-state index contributed by atoms with van der Waals surface area (Å²) >= 11 is 0. The van der Waals surface area contributed by atoms with Crippen molar-refractivity contribution in [1.82, 2.24) is 9.88 Å². The van der Waals surface area contributed by atoms with Crippen LogP contribution in [0.3, 0.4) is 0 Å². The number of carbonyl (C=O) groups is 1. The van der Waals surface area contributed by atoms with Crippen LogP contribution in [-0.4, -0.2) is 22.3 Å². The molecule has 1 amide bonds. The third-order valence-electron chi connectivity index (χ3n) is 4.81. The van der Waals surface area contributed by atoms with Crippen LogP contribution in [0.15, 0.2) is 66.4 Å². The first-order valence-corrected chi connectivity index (χ1v) is 8.53. The first-order chi connectivity index (χ1) is 12.7. The number of hydrogen-bond donors (Lipinski definition) is 0. The standard InChI is InChI=1S/C22H17N3O/c1-2-15(12-23)13-25-14-20-18(22(25)26)9-8-16-6-7-17(11-19(16)20)21-5-3-4-10-24-21/h2-11H,13-14H2,1H3. The van der Waals surface area contributed by atoms with Gasteiger partial charge in [-0.3, -0.25) is 9.78 Å². The minimum atomic E-state index is -0.0141. The molecule has 4 heteroatoms. The maximum atomic E-state index is 12.7. The molecule has 126 valence electrons. The van der Waals surface area contributed by atoms with Gasteiger partial charge in [0.15, 0.2) is 0 Å². The van der Waals surface area contributed by atoms with E-state index in [-0.39, 0.29) is 5.91 Å². The summed E-state index contributed by atoms with van der Waals surface area (Å²) in [5, 5.41) is 11.3. The molecule has 0 fully saturated rings. The Morgan fingerprint density at radius 1 is 1.27 bits per heavy atom. The van der Waals surface area contributed by atoms with E-state index in [2.05, 4.69) is 29.3 Å². The topological polar surface area (TPSA) is 57.0 Å². The molecule has 0 N–H and O–H groups in total. The van der Waals surface area contributed by atoms with E-state index in [0.717, 1.165) is 33.2 Å². The lowest BCUT2D eigenvalue weighted by Crippen LogP contribution is -2.25. The van der Waals surface area contributed by atoms with Crippen molar-refractivity contribution in [2.75, 3.05) is 6.54 Å². The van der Waals surface area contributed by atoms with Crippen LogP contribution >= 0.6 is 0 Å². The number of carbonyl (C=O) groups excluding carboxylic acids is 1. The Morgan fingerprint density at radius 2 is 2.12 bits per heavy atom. The van der Waals surface area contributed by atoms with Crippen molar-refractivity contribution in [1.29, 1.82) is 5.26 Å². The van der Waals surface area contributed by atoms with Crippen LogP contribution in [0.1, 0.15) is 22.8 Å². The second-order valence-electron chi connectivity index (χ2n) is 6.33. The molecule has 2 aromatic carbocycles. The summed E-state index contributed by atoms with van der Waals surface area (Å²) < 4.78 is 0. The van der Waals surface area contributed by atoms with Gasteiger partial charge in [-0.05, 0) is 47.5 Å². The summed E-state index contributed by atoms with van der Waals surface area (Å²) in [6.45, 7) is 2.69. The number of benzene rings is 2. The summed E-state index contributed by atoms with van der Waals surface area (Å²) in [7, 11) is 0. The SMILES string of the molecule is CC=C(C#N)CN1Cc2c(ccc3ccc(-c4ccccn4)cc23)C1=O. The Labute approximate surface area is 152 Å². The maximum Gasteiger partial charge on any atom is 0.254 e. The highest BCUT2D eigenvalue weighted by molar-refractivity contribution is 6.05. The average molecular weight is 339 g/mol. The monoisotopic (exact) mass is 339 g/mol. The molecule has 3 aromatic rings. The Bertz CT molecular complexity index is 1080. The van der Waals surface area contributed by atoms with Crippen LogP contribution in [0.5, 0.6) is 0 Å². The van der Waals surface area contributed by atoms with Crippen molar-refractivity contribution in [3.05, 3.63) is 77.5 Å². The lowest BCUT2D eigenvalue weighted by atomic mass is 9.98. The van der Waals surface area contributed by atoms with E-state index in [0.29, 0.717) is 18.7 Å². The molecule has 2 heterocycles. The van der Waals surface area contributed by atoms with Gasteiger partial charge in [-0.25, -0.2) is 0 Å². The lowest BCUT2D eigenvalue weighted by Gasteiger charge is -2.14. The van der Waals surface area contributed by atoms with Gasteiger partial charge in [0.2, 0.25) is 0 Å². The van der Waals surface area contributed by atoms with Crippen LogP contribution in [-0.2, 0) is 6.54 Å². The second kappa shape index (κ2) is 6.45. The number of hydrogen-bond acceptors (Lipinski definition) is 3. The predicted molar refractivity (Wildman–Crippen MR) is 101 cm³/mol. The number of nitriles is 1. The van der Waals surface area contributed by atoms with Gasteiger partial charge in [0.05, 0.1) is 18.3 Å². The van der Waals surface area contributed by atoms with Gasteiger partial charge in [-0.2, -0.15) is 5.26 Å². The number of rotatable bonds is 3. The second-order valence-corrected chi connectivity index (χ2v) is 6.33. The molecule has 0 unspecified atom stereocenters. The van der Waals surface area contributed by atoms with Crippen LogP contribution < -0.4 is 0 Å². The minimum absolute atomic E-state index is 0.0141. The van der Waals surface area contributed by atoms with Crippen molar-refractivity contribution >= 4 is 16.7 Å². The summed E-state index contributed by atoms with van der Waals surface area (Å²) in [5.74, 6) is -0.0141. The molecule has 0 bridgehead atoms. The molecule has 4 nitrogen and oxygen atoms in total. The first-order valence-electron chi connectivity index (χ1n) is 8.53. The molecule has 1 aliphatic rings. The fourth-order valence-electron chi connectivity index (χ4n) is 3.40. The van der Waals surface area contributed by atoms with E-state index in [1.165, 1.54) is 0 Å². The number of nitrogens with zero attached hydrogens (tertiary/aromatic N) is 3. The molecule has 0 spiro atoms. The highest BCUT2D eigenvalue weighted by atomic mass is 16.2. The zero-order valence-corrected chi connectivity index (χ0v) is 14.4. The summed E-state index contributed by atoms with van der Waals surface area (Å²) in [5.41, 5.74) is 4.30. The molecule has 26 heavy (non-hydrogen) atoms. The van der Waals surface area contributed by atoms with Gasteiger partial charge in [0.25, 0.3) is 5.91 Å². The third kappa shape index (κ3) is 2.64. The minimum Gasteiger partial charge on any atom is -0.329 e. The van der Waals surface area contributed by atoms with Crippen molar-refractivity contribution in [3.8, 4) is 17.3 Å². The number of pyridine rings is 1. The summed E-state index contributed by atoms with van der Waals surface area (Å²) in [6.07, 6.45) is 3.54. The van der Waals surface area contributed by atoms with Gasteiger partial charge < -0.3 is 4.90 Å². The normalized spacial score (nSPS) is 13.8. The highest BCUT2D eigenvalue weighted by Gasteiger charge is 2.29. The van der Waals surface area contributed by atoms with Crippen molar-refractivity contribution in [3.63, 3.8) is 0 Å². The average Bonchev–Trinajstić information content (AvgIpc) is 3.02. The zero-order chi connectivity index (χ0) is 18.1. The fraction of sp³-hybridized carbons (Fsp3) is 0.136. The maximum absolute atomic E-state index is 12.7. The van der Waals surface area contributed by atoms with Crippen molar-refractivity contribution in [2.24, 2.45) is 0 Å². The van der Waals surface area contributed by atoms with Crippen LogP contribution in [0.25, 0.3) is 22.0 Å². The molecule has 0 radical (unpaired) electrons. The number of amides is 1. The largest absolute Gasteiger partial charge is 0.329 e. The van der Waals surface area contributed by atoms with E-state index in [1.807, 2.05) is 37.3 Å². The van der Waals surface area contributed by atoms with Crippen LogP contribution in [0.4, 0.5) is 0 Å². The van der Waals surface area contributed by atoms with Gasteiger partial charge in [-0.1, -0.05) is 30.3 Å². The van der Waals surface area contributed by atoms with Gasteiger partial charge in [-0.15, -0.1) is 0 Å². The van der Waals surface area contributed by atoms with Gasteiger partial charge in [0, 0.05) is 29.4 Å². The molecular formula is C22H17N3O. The van der Waals surface area contributed by atoms with Gasteiger partial charge in [0.1, 0.15) is 0 Å². The molecule has 0 saturated carbocycles. The quantitative estimate of drug-likeness (QED) is 0.668. The predicted octanol–water partition coefficient (Wildman–Crippen LogP) is 4.33. The van der Waals surface area contributed by atoms with Gasteiger partial charge >= 0.3 is 0 Å². The summed E-state index contributed by atoms with van der Waals surface area (Å²) in [6, 6.07) is 18.1. The molecule has 1 aliphatic heterocycles. The molecule has 0 saturated heterocycles. The van der Waals surface area contributed by atoms with E-state index in [4.69, 9.17) is 5.26 Å². The molecule has 1 aromatic heterocycles. The fourth-order valence-corrected chi connectivity index (χ4v) is 3.40. The van der Waals surface area contributed by atoms with E-state index >= 15 is 0 Å². The number of allylic oxidation sites excluding steroid dienone is 1. The van der Waals surface area contributed by atoms with E-state index in [9.17, 15) is 4.79 Å². The zero-order valence-electron chi connectivity index (χ0n) is 14.4. The molecular weight excluding hydrogens is 322 g/mol. The third-order valence-corrected chi connectivity index (χ3v) is 4.81. The number of aromatic nitrogens is 1. The Hall–Kier alpha value is -3.45. The Kier molecular flexibility index (Phi) is 3.98. The molecule has 4 rings (SSSR count). The van der Waals surface area contributed by atoms with Crippen LogP contribution in [0, 0.1) is 11.3 Å². The Morgan fingerprint density at radius 3 is 2.85 bits per heavy atom. The highest BCUT2D eigenvalue weighted by Crippen LogP contribution is 2.33. The summed E-state index contributed by atoms with van der Waals surface area (Å²) in [4.78, 5) is 18.9. The van der Waals surface area contributed by atoms with E-state index < -0.39 is 0 Å². The smallest absolute Gasteiger partial charge is 0.254 e. The van der Waals surface area contributed by atoms with Crippen molar-refractivity contribution in [2.45, 2.75) is 13.5 Å². The van der Waals surface area contributed by atoms with Crippen LogP contribution in [0.2, 0.25) is 0 Å². The molecule has 0 atom stereocenters. The van der Waals surface area contributed by atoms with Crippen molar-refractivity contribution < 1.29 is 4.79 Å². The van der Waals surface area contributed by atoms with E-state index in [1.54, 1.807) is 17.2 Å².